The van der Waals surface area contributed by atoms with Gasteiger partial charge in [0.2, 0.25) is 17.6 Å². The number of hydrogen-bond donors (Lipinski definition) is 1. The topological polar surface area (TPSA) is 77.1 Å². The largest absolute Gasteiger partial charge is 0.493 e. The number of amides is 2. The summed E-state index contributed by atoms with van der Waals surface area (Å²) in [4.78, 5) is 26.6. The number of nitrogens with zero attached hydrogens (tertiary/aromatic N) is 1. The number of ether oxygens (including phenoxy) is 3. The fourth-order valence-electron chi connectivity index (χ4n) is 3.57. The molecular weight excluding hydrogens is 396 g/mol. The molecule has 1 heterocycles. The van der Waals surface area contributed by atoms with Gasteiger partial charge in [0.25, 0.3) is 0 Å². The third kappa shape index (κ3) is 4.99. The Morgan fingerprint density at radius 1 is 1.03 bits per heavy atom. The van der Waals surface area contributed by atoms with Crippen LogP contribution in [-0.4, -0.2) is 45.7 Å². The first-order valence-corrected chi connectivity index (χ1v) is 10.0. The number of nitrogens with one attached hydrogen (secondary N) is 1. The highest BCUT2D eigenvalue weighted by molar-refractivity contribution is 5.98. The van der Waals surface area contributed by atoms with Gasteiger partial charge >= 0.3 is 0 Å². The van der Waals surface area contributed by atoms with Crippen LogP contribution in [0.15, 0.2) is 36.4 Å². The molecule has 1 aliphatic rings. The zero-order chi connectivity index (χ0) is 22.5. The van der Waals surface area contributed by atoms with Crippen LogP contribution in [0.4, 0.5) is 5.69 Å². The maximum absolute atomic E-state index is 12.5. The van der Waals surface area contributed by atoms with Crippen molar-refractivity contribution in [3.8, 4) is 17.2 Å². The molecule has 2 aromatic carbocycles. The second kappa shape index (κ2) is 9.55. The van der Waals surface area contributed by atoms with E-state index < -0.39 is 0 Å². The molecule has 0 bridgehead atoms. The summed E-state index contributed by atoms with van der Waals surface area (Å²) in [6, 6.07) is 9.21. The summed E-state index contributed by atoms with van der Waals surface area (Å²) in [5.41, 5.74) is 3.89. The van der Waals surface area contributed by atoms with Gasteiger partial charge in [-0.15, -0.1) is 0 Å². The van der Waals surface area contributed by atoms with Crippen molar-refractivity contribution in [3.05, 3.63) is 53.1 Å². The minimum atomic E-state index is -0.270. The van der Waals surface area contributed by atoms with Crippen molar-refractivity contribution in [3.63, 3.8) is 0 Å². The third-order valence-electron chi connectivity index (χ3n) is 5.39. The van der Waals surface area contributed by atoms with Crippen LogP contribution in [0.25, 0.3) is 6.08 Å². The van der Waals surface area contributed by atoms with Crippen molar-refractivity contribution in [2.45, 2.75) is 26.3 Å². The maximum atomic E-state index is 12.5. The fourth-order valence-corrected chi connectivity index (χ4v) is 3.57. The number of carbonyl (C=O) groups is 2. The molecule has 0 unspecified atom stereocenters. The van der Waals surface area contributed by atoms with E-state index in [0.29, 0.717) is 23.8 Å². The third-order valence-corrected chi connectivity index (χ3v) is 5.39. The molecule has 0 spiro atoms. The summed E-state index contributed by atoms with van der Waals surface area (Å²) in [6.45, 7) is 4.51. The first-order valence-electron chi connectivity index (χ1n) is 10.0. The molecule has 0 saturated carbocycles. The number of hydrogen-bond acceptors (Lipinski definition) is 5. The Morgan fingerprint density at radius 3 is 2.29 bits per heavy atom. The van der Waals surface area contributed by atoms with E-state index in [1.807, 2.05) is 32.0 Å². The van der Waals surface area contributed by atoms with Crippen molar-refractivity contribution in [1.29, 1.82) is 0 Å². The van der Waals surface area contributed by atoms with Crippen LogP contribution in [0.2, 0.25) is 0 Å². The molecule has 1 saturated heterocycles. The molecule has 0 radical (unpaired) electrons. The minimum Gasteiger partial charge on any atom is -0.493 e. The highest BCUT2D eigenvalue weighted by atomic mass is 16.5. The van der Waals surface area contributed by atoms with Gasteiger partial charge in [-0.1, -0.05) is 6.07 Å². The SMILES string of the molecule is COc1cc(/C=C/C(=O)N[C@H]2CC(=O)N(c3ccc(C)c(C)c3)C2)cc(OC)c1OC. The van der Waals surface area contributed by atoms with Crippen molar-refractivity contribution in [1.82, 2.24) is 5.32 Å². The van der Waals surface area contributed by atoms with Gasteiger partial charge in [0, 0.05) is 24.7 Å². The van der Waals surface area contributed by atoms with E-state index >= 15 is 0 Å². The molecule has 1 atom stereocenters. The molecule has 2 aromatic rings. The van der Waals surface area contributed by atoms with Crippen LogP contribution in [-0.2, 0) is 9.59 Å². The smallest absolute Gasteiger partial charge is 0.244 e. The summed E-state index contributed by atoms with van der Waals surface area (Å²) in [5, 5.41) is 2.91. The van der Waals surface area contributed by atoms with Crippen LogP contribution < -0.4 is 24.4 Å². The summed E-state index contributed by atoms with van der Waals surface area (Å²) in [5.74, 6) is 1.23. The maximum Gasteiger partial charge on any atom is 0.244 e. The van der Waals surface area contributed by atoms with Gasteiger partial charge in [0.05, 0.1) is 27.4 Å². The number of benzene rings is 2. The van der Waals surface area contributed by atoms with E-state index in [9.17, 15) is 9.59 Å². The highest BCUT2D eigenvalue weighted by Gasteiger charge is 2.31. The molecule has 1 N–H and O–H groups in total. The second-order valence-electron chi connectivity index (χ2n) is 7.47. The Labute approximate surface area is 182 Å². The number of rotatable bonds is 7. The van der Waals surface area contributed by atoms with Gasteiger partial charge in [-0.05, 0) is 60.9 Å². The second-order valence-corrected chi connectivity index (χ2v) is 7.47. The highest BCUT2D eigenvalue weighted by Crippen LogP contribution is 2.38. The fraction of sp³-hybridized carbons (Fsp3) is 0.333. The van der Waals surface area contributed by atoms with Gasteiger partial charge < -0.3 is 24.4 Å². The normalized spacial score (nSPS) is 16.0. The average molecular weight is 424 g/mol. The van der Waals surface area contributed by atoms with Crippen LogP contribution >= 0.6 is 0 Å². The zero-order valence-corrected chi connectivity index (χ0v) is 18.5. The van der Waals surface area contributed by atoms with Gasteiger partial charge in [0.1, 0.15) is 0 Å². The Morgan fingerprint density at radius 2 is 1.71 bits per heavy atom. The number of carbonyl (C=O) groups excluding carboxylic acids is 2. The molecule has 164 valence electrons. The van der Waals surface area contributed by atoms with Crippen molar-refractivity contribution in [2.75, 3.05) is 32.8 Å². The van der Waals surface area contributed by atoms with Crippen molar-refractivity contribution in [2.24, 2.45) is 0 Å². The zero-order valence-electron chi connectivity index (χ0n) is 18.5. The molecule has 1 fully saturated rings. The Bertz CT molecular complexity index is 990. The lowest BCUT2D eigenvalue weighted by Crippen LogP contribution is -2.36. The average Bonchev–Trinajstić information content (AvgIpc) is 3.12. The molecule has 7 nitrogen and oxygen atoms in total. The predicted molar refractivity (Wildman–Crippen MR) is 120 cm³/mol. The molecule has 3 rings (SSSR count). The van der Waals surface area contributed by atoms with Gasteiger partial charge in [-0.25, -0.2) is 0 Å². The Kier molecular flexibility index (Phi) is 6.84. The summed E-state index contributed by atoms with van der Waals surface area (Å²) in [7, 11) is 4.61. The van der Waals surface area contributed by atoms with E-state index in [0.717, 1.165) is 16.8 Å². The molecular formula is C24H28N2O5. The molecule has 0 aliphatic carbocycles. The Hall–Kier alpha value is -3.48. The number of methoxy groups -OCH3 is 3. The van der Waals surface area contributed by atoms with E-state index in [1.54, 1.807) is 23.1 Å². The molecule has 31 heavy (non-hydrogen) atoms. The standard InChI is InChI=1S/C24H28N2O5/c1-15-6-8-19(10-16(15)2)26-14-18(13-23(26)28)25-22(27)9-7-17-11-20(29-3)24(31-5)21(12-17)30-4/h6-12,18H,13-14H2,1-5H3,(H,25,27)/b9-7+/t18-/m0/s1. The first-order chi connectivity index (χ1) is 14.9. The number of aryl methyl sites for hydroxylation is 2. The van der Waals surface area contributed by atoms with Gasteiger partial charge in [-0.3, -0.25) is 9.59 Å². The minimum absolute atomic E-state index is 0.00200. The quantitative estimate of drug-likeness (QED) is 0.691. The summed E-state index contributed by atoms with van der Waals surface area (Å²) < 4.78 is 16.0. The summed E-state index contributed by atoms with van der Waals surface area (Å²) >= 11 is 0. The van der Waals surface area contributed by atoms with E-state index in [4.69, 9.17) is 14.2 Å². The van der Waals surface area contributed by atoms with E-state index in [2.05, 4.69) is 5.32 Å². The lowest BCUT2D eigenvalue weighted by Gasteiger charge is -2.18. The lowest BCUT2D eigenvalue weighted by molar-refractivity contribution is -0.117. The number of anilines is 1. The monoisotopic (exact) mass is 424 g/mol. The van der Waals surface area contributed by atoms with Gasteiger partial charge in [-0.2, -0.15) is 0 Å². The first kappa shape index (κ1) is 22.2. The van der Waals surface area contributed by atoms with E-state index in [1.165, 1.54) is 33.0 Å². The molecule has 0 aromatic heterocycles. The van der Waals surface area contributed by atoms with E-state index in [-0.39, 0.29) is 24.3 Å². The predicted octanol–water partition coefficient (Wildman–Crippen LogP) is 3.26. The van der Waals surface area contributed by atoms with Crippen molar-refractivity contribution >= 4 is 23.6 Å². The van der Waals surface area contributed by atoms with Crippen molar-refractivity contribution < 1.29 is 23.8 Å². The van der Waals surface area contributed by atoms with Gasteiger partial charge in [0.15, 0.2) is 11.5 Å². The Balaban J connectivity index is 1.66. The van der Waals surface area contributed by atoms with Crippen LogP contribution in [0.3, 0.4) is 0 Å². The van der Waals surface area contributed by atoms with Crippen LogP contribution in [0, 0.1) is 13.8 Å². The van der Waals surface area contributed by atoms with Crippen LogP contribution in [0.1, 0.15) is 23.1 Å². The lowest BCUT2D eigenvalue weighted by atomic mass is 10.1. The molecule has 7 heteroatoms. The molecule has 2 amide bonds. The summed E-state index contributed by atoms with van der Waals surface area (Å²) in [6.07, 6.45) is 3.37. The molecule has 1 aliphatic heterocycles. The van der Waals surface area contributed by atoms with Crippen LogP contribution in [0.5, 0.6) is 17.2 Å².